The average molecular weight is 316 g/mol. The molecule has 0 heterocycles. The lowest BCUT2D eigenvalue weighted by molar-refractivity contribution is -0.00207. The zero-order valence-electron chi connectivity index (χ0n) is 14.7. The van der Waals surface area contributed by atoms with Gasteiger partial charge in [0.25, 0.3) is 0 Å². The molecule has 1 unspecified atom stereocenters. The molecular weight excluding hydrogens is 288 g/mol. The Morgan fingerprint density at radius 3 is 2.48 bits per heavy atom. The molecule has 0 aliphatic heterocycles. The van der Waals surface area contributed by atoms with Gasteiger partial charge in [-0.25, -0.2) is 0 Å². The molecule has 0 N–H and O–H groups in total. The highest BCUT2D eigenvalue weighted by Crippen LogP contribution is 2.29. The van der Waals surface area contributed by atoms with Crippen molar-refractivity contribution < 1.29 is 14.2 Å². The predicted molar refractivity (Wildman–Crippen MR) is 94.4 cm³/mol. The van der Waals surface area contributed by atoms with Gasteiger partial charge in [0, 0.05) is 25.6 Å². The summed E-state index contributed by atoms with van der Waals surface area (Å²) in [6, 6.07) is 7.90. The molecule has 0 aliphatic rings. The number of terminal acetylenes is 1. The van der Waals surface area contributed by atoms with Crippen molar-refractivity contribution >= 4 is 0 Å². The molecule has 0 aromatic heterocycles. The van der Waals surface area contributed by atoms with Crippen molar-refractivity contribution in [3.05, 3.63) is 42.0 Å². The van der Waals surface area contributed by atoms with E-state index in [9.17, 15) is 0 Å². The lowest BCUT2D eigenvalue weighted by Gasteiger charge is -2.31. The smallest absolute Gasteiger partial charge is 0.118 e. The Kier molecular flexibility index (Phi) is 8.47. The fourth-order valence-corrected chi connectivity index (χ4v) is 2.22. The monoisotopic (exact) mass is 316 g/mol. The molecule has 0 bridgehead atoms. The van der Waals surface area contributed by atoms with Gasteiger partial charge in [-0.15, -0.1) is 12.3 Å². The first-order valence-electron chi connectivity index (χ1n) is 7.87. The van der Waals surface area contributed by atoms with Gasteiger partial charge in [-0.1, -0.05) is 38.1 Å². The highest BCUT2D eigenvalue weighted by atomic mass is 16.5. The van der Waals surface area contributed by atoms with Crippen molar-refractivity contribution in [3.63, 3.8) is 0 Å². The van der Waals surface area contributed by atoms with Gasteiger partial charge in [0.15, 0.2) is 0 Å². The molecule has 0 fully saturated rings. The normalized spacial score (nSPS) is 13.0. The standard InChI is InChI=1S/C20H28O3/c1-6-14-20(2,3)19(9-7-8-15-21-4)23-16-17-10-12-18(22-5)13-11-17/h1,7,9-13,19H,8,14-16H2,2-5H3/b9-7+. The lowest BCUT2D eigenvalue weighted by atomic mass is 9.83. The number of benzene rings is 1. The topological polar surface area (TPSA) is 27.7 Å². The molecule has 3 heteroatoms. The Labute approximate surface area is 140 Å². The molecule has 1 atom stereocenters. The summed E-state index contributed by atoms with van der Waals surface area (Å²) >= 11 is 0. The van der Waals surface area contributed by atoms with E-state index in [2.05, 4.69) is 31.9 Å². The average Bonchev–Trinajstić information content (AvgIpc) is 2.54. The molecule has 3 nitrogen and oxygen atoms in total. The van der Waals surface area contributed by atoms with E-state index in [0.29, 0.717) is 19.6 Å². The summed E-state index contributed by atoms with van der Waals surface area (Å²) in [5.41, 5.74) is 0.989. The minimum Gasteiger partial charge on any atom is -0.497 e. The summed E-state index contributed by atoms with van der Waals surface area (Å²) in [6.07, 6.45) is 11.2. The number of hydrogen-bond acceptors (Lipinski definition) is 3. The SMILES string of the molecule is C#CCC(C)(C)C(/C=C/CCOC)OCc1ccc(OC)cc1. The van der Waals surface area contributed by atoms with Gasteiger partial charge in [0.2, 0.25) is 0 Å². The van der Waals surface area contributed by atoms with E-state index in [4.69, 9.17) is 20.6 Å². The zero-order valence-corrected chi connectivity index (χ0v) is 14.7. The zero-order chi connectivity index (χ0) is 17.1. The fourth-order valence-electron chi connectivity index (χ4n) is 2.22. The summed E-state index contributed by atoms with van der Waals surface area (Å²) in [4.78, 5) is 0. The van der Waals surface area contributed by atoms with Gasteiger partial charge in [-0.05, 0) is 24.1 Å². The van der Waals surface area contributed by atoms with Crippen LogP contribution in [0.25, 0.3) is 0 Å². The second-order valence-corrected chi connectivity index (χ2v) is 6.16. The van der Waals surface area contributed by atoms with Crippen molar-refractivity contribution in [3.8, 4) is 18.1 Å². The van der Waals surface area contributed by atoms with Crippen LogP contribution in [0.5, 0.6) is 5.75 Å². The van der Waals surface area contributed by atoms with Crippen LogP contribution in [0.4, 0.5) is 0 Å². The van der Waals surface area contributed by atoms with E-state index in [1.807, 2.05) is 24.3 Å². The highest BCUT2D eigenvalue weighted by Gasteiger charge is 2.27. The van der Waals surface area contributed by atoms with Crippen molar-refractivity contribution in [2.24, 2.45) is 5.41 Å². The van der Waals surface area contributed by atoms with Gasteiger partial charge < -0.3 is 14.2 Å². The summed E-state index contributed by atoms with van der Waals surface area (Å²) < 4.78 is 16.4. The van der Waals surface area contributed by atoms with Crippen LogP contribution >= 0.6 is 0 Å². The Balaban J connectivity index is 2.71. The molecule has 0 aliphatic carbocycles. The van der Waals surface area contributed by atoms with Crippen LogP contribution in [0.15, 0.2) is 36.4 Å². The third-order valence-electron chi connectivity index (χ3n) is 3.72. The molecule has 1 aromatic carbocycles. The van der Waals surface area contributed by atoms with Crippen LogP contribution < -0.4 is 4.74 Å². The third kappa shape index (κ3) is 6.90. The van der Waals surface area contributed by atoms with Gasteiger partial charge in [0.05, 0.1) is 19.8 Å². The van der Waals surface area contributed by atoms with Crippen LogP contribution in [-0.4, -0.2) is 26.9 Å². The molecular formula is C20H28O3. The molecule has 0 saturated carbocycles. The Bertz CT molecular complexity index is 509. The molecule has 126 valence electrons. The van der Waals surface area contributed by atoms with Gasteiger partial charge in [-0.3, -0.25) is 0 Å². The lowest BCUT2D eigenvalue weighted by Crippen LogP contribution is -2.30. The second kappa shape index (κ2) is 10.1. The quantitative estimate of drug-likeness (QED) is 0.367. The van der Waals surface area contributed by atoms with E-state index in [1.165, 1.54) is 0 Å². The highest BCUT2D eigenvalue weighted by molar-refractivity contribution is 5.26. The Morgan fingerprint density at radius 1 is 1.22 bits per heavy atom. The first kappa shape index (κ1) is 19.3. The minimum atomic E-state index is -0.120. The Morgan fingerprint density at radius 2 is 1.91 bits per heavy atom. The molecule has 23 heavy (non-hydrogen) atoms. The summed E-state index contributed by atoms with van der Waals surface area (Å²) in [6.45, 7) is 5.51. The first-order chi connectivity index (χ1) is 11.0. The third-order valence-corrected chi connectivity index (χ3v) is 3.72. The summed E-state index contributed by atoms with van der Waals surface area (Å²) in [5, 5.41) is 0. The number of rotatable bonds is 10. The maximum atomic E-state index is 6.14. The maximum absolute atomic E-state index is 6.14. The van der Waals surface area contributed by atoms with Crippen molar-refractivity contribution in [2.75, 3.05) is 20.8 Å². The van der Waals surface area contributed by atoms with Gasteiger partial charge in [-0.2, -0.15) is 0 Å². The molecule has 0 radical (unpaired) electrons. The number of ether oxygens (including phenoxy) is 3. The molecule has 1 aromatic rings. The van der Waals surface area contributed by atoms with Crippen LogP contribution in [0.3, 0.4) is 0 Å². The van der Waals surface area contributed by atoms with Crippen molar-refractivity contribution in [2.45, 2.75) is 39.4 Å². The molecule has 0 saturated heterocycles. The van der Waals surface area contributed by atoms with E-state index in [1.54, 1.807) is 14.2 Å². The largest absolute Gasteiger partial charge is 0.497 e. The fraction of sp³-hybridized carbons (Fsp3) is 0.500. The number of methoxy groups -OCH3 is 2. The molecule has 0 spiro atoms. The van der Waals surface area contributed by atoms with Crippen LogP contribution in [0.1, 0.15) is 32.3 Å². The molecule has 1 rings (SSSR count). The van der Waals surface area contributed by atoms with Crippen LogP contribution in [-0.2, 0) is 16.1 Å². The van der Waals surface area contributed by atoms with Gasteiger partial charge in [0.1, 0.15) is 5.75 Å². The van der Waals surface area contributed by atoms with Crippen molar-refractivity contribution in [1.82, 2.24) is 0 Å². The summed E-state index contributed by atoms with van der Waals surface area (Å²) in [7, 11) is 3.36. The van der Waals surface area contributed by atoms with Gasteiger partial charge >= 0.3 is 0 Å². The maximum Gasteiger partial charge on any atom is 0.118 e. The van der Waals surface area contributed by atoms with Crippen molar-refractivity contribution in [1.29, 1.82) is 0 Å². The number of hydrogen-bond donors (Lipinski definition) is 0. The Hall–Kier alpha value is -1.76. The molecule has 0 amide bonds. The minimum absolute atomic E-state index is 0.0440. The first-order valence-corrected chi connectivity index (χ1v) is 7.87. The van der Waals surface area contributed by atoms with E-state index in [0.717, 1.165) is 17.7 Å². The van der Waals surface area contributed by atoms with Crippen LogP contribution in [0, 0.1) is 17.8 Å². The second-order valence-electron chi connectivity index (χ2n) is 6.16. The van der Waals surface area contributed by atoms with Crippen LogP contribution in [0.2, 0.25) is 0 Å². The summed E-state index contributed by atoms with van der Waals surface area (Å²) in [5.74, 6) is 3.59. The predicted octanol–water partition coefficient (Wildman–Crippen LogP) is 4.22. The van der Waals surface area contributed by atoms with E-state index >= 15 is 0 Å². The van der Waals surface area contributed by atoms with E-state index in [-0.39, 0.29) is 11.5 Å². The van der Waals surface area contributed by atoms with E-state index < -0.39 is 0 Å².